The number of hydrogen-bond acceptors (Lipinski definition) is 7. The first kappa shape index (κ1) is 21.7. The Morgan fingerprint density at radius 2 is 2.06 bits per heavy atom. The average molecular weight is 459 g/mol. The molecular weight excluding hydrogens is 436 g/mol. The summed E-state index contributed by atoms with van der Waals surface area (Å²) in [6.45, 7) is 5.10. The number of halogens is 1. The highest BCUT2D eigenvalue weighted by molar-refractivity contribution is 7.18. The highest BCUT2D eigenvalue weighted by atomic mass is 35.5. The Bertz CT molecular complexity index is 1050. The van der Waals surface area contributed by atoms with E-state index in [0.29, 0.717) is 34.6 Å². The van der Waals surface area contributed by atoms with Gasteiger partial charge in [0.25, 0.3) is 5.91 Å². The maximum atomic E-state index is 13.1. The molecule has 4 rings (SSSR count). The van der Waals surface area contributed by atoms with Gasteiger partial charge in [-0.1, -0.05) is 11.6 Å². The number of ether oxygens (including phenoxy) is 2. The Morgan fingerprint density at radius 3 is 2.74 bits per heavy atom. The van der Waals surface area contributed by atoms with Crippen molar-refractivity contribution in [1.29, 1.82) is 0 Å². The summed E-state index contributed by atoms with van der Waals surface area (Å²) in [5.74, 6) is 0.403. The average Bonchev–Trinajstić information content (AvgIpc) is 3.21. The second-order valence-corrected chi connectivity index (χ2v) is 9.10. The first-order chi connectivity index (χ1) is 15.0. The van der Waals surface area contributed by atoms with Gasteiger partial charge >= 0.3 is 0 Å². The van der Waals surface area contributed by atoms with Crippen LogP contribution in [0.3, 0.4) is 0 Å². The number of hydrogen-bond donors (Lipinski definition) is 1. The second-order valence-electron chi connectivity index (χ2n) is 7.44. The number of thiazole rings is 1. The van der Waals surface area contributed by atoms with Gasteiger partial charge in [0, 0.05) is 24.0 Å². The van der Waals surface area contributed by atoms with Gasteiger partial charge in [0.05, 0.1) is 36.8 Å². The number of carbonyl (C=O) groups is 1. The van der Waals surface area contributed by atoms with E-state index in [1.807, 2.05) is 32.0 Å². The maximum absolute atomic E-state index is 13.1. The van der Waals surface area contributed by atoms with E-state index in [0.717, 1.165) is 29.1 Å². The summed E-state index contributed by atoms with van der Waals surface area (Å²) < 4.78 is 12.2. The SMILES string of the molecule is Cc1ccc(C(C)NC(=O)c2cc(OC3CCOCC3)cc(-c3ncc(Cl)s3)c2)nn1. The normalized spacial score (nSPS) is 15.5. The maximum Gasteiger partial charge on any atom is 0.251 e. The zero-order valence-corrected chi connectivity index (χ0v) is 18.9. The van der Waals surface area contributed by atoms with Crippen LogP contribution in [0.25, 0.3) is 10.6 Å². The molecule has 7 nitrogen and oxygen atoms in total. The molecule has 1 aliphatic rings. The van der Waals surface area contributed by atoms with E-state index in [4.69, 9.17) is 21.1 Å². The molecule has 0 spiro atoms. The van der Waals surface area contributed by atoms with Crippen LogP contribution in [0.15, 0.2) is 36.5 Å². The predicted octanol–water partition coefficient (Wildman–Crippen LogP) is 4.61. The van der Waals surface area contributed by atoms with Crippen molar-refractivity contribution in [2.24, 2.45) is 0 Å². The van der Waals surface area contributed by atoms with Crippen molar-refractivity contribution in [3.05, 3.63) is 57.8 Å². The van der Waals surface area contributed by atoms with E-state index in [-0.39, 0.29) is 18.1 Å². The molecule has 1 atom stereocenters. The van der Waals surface area contributed by atoms with Crippen LogP contribution in [-0.2, 0) is 4.74 Å². The number of nitrogens with one attached hydrogen (secondary N) is 1. The monoisotopic (exact) mass is 458 g/mol. The van der Waals surface area contributed by atoms with Crippen molar-refractivity contribution < 1.29 is 14.3 Å². The molecule has 3 aromatic rings. The third-order valence-electron chi connectivity index (χ3n) is 4.97. The van der Waals surface area contributed by atoms with E-state index >= 15 is 0 Å². The number of nitrogens with zero attached hydrogens (tertiary/aromatic N) is 3. The van der Waals surface area contributed by atoms with Crippen molar-refractivity contribution in [3.8, 4) is 16.3 Å². The molecule has 2 aromatic heterocycles. The molecule has 1 unspecified atom stereocenters. The zero-order valence-electron chi connectivity index (χ0n) is 17.3. The molecule has 162 valence electrons. The summed E-state index contributed by atoms with van der Waals surface area (Å²) in [4.78, 5) is 17.4. The van der Waals surface area contributed by atoms with Gasteiger partial charge < -0.3 is 14.8 Å². The largest absolute Gasteiger partial charge is 0.490 e. The number of rotatable bonds is 6. The summed E-state index contributed by atoms with van der Waals surface area (Å²) in [7, 11) is 0. The summed E-state index contributed by atoms with van der Waals surface area (Å²) >= 11 is 7.43. The van der Waals surface area contributed by atoms with Gasteiger partial charge in [-0.2, -0.15) is 10.2 Å². The van der Waals surface area contributed by atoms with Crippen LogP contribution in [-0.4, -0.2) is 40.4 Å². The smallest absolute Gasteiger partial charge is 0.251 e. The van der Waals surface area contributed by atoms with E-state index in [2.05, 4.69) is 20.5 Å². The zero-order chi connectivity index (χ0) is 21.8. The van der Waals surface area contributed by atoms with Crippen molar-refractivity contribution in [2.45, 2.75) is 38.8 Å². The Hall–Kier alpha value is -2.55. The lowest BCUT2D eigenvalue weighted by molar-refractivity contribution is 0.0255. The molecular formula is C22H23ClN4O3S. The molecule has 0 saturated carbocycles. The topological polar surface area (TPSA) is 86.2 Å². The van der Waals surface area contributed by atoms with E-state index in [1.165, 1.54) is 11.3 Å². The van der Waals surface area contributed by atoms with Gasteiger partial charge in [0.1, 0.15) is 21.2 Å². The third kappa shape index (κ3) is 5.58. The summed E-state index contributed by atoms with van der Waals surface area (Å²) in [6, 6.07) is 8.90. The summed E-state index contributed by atoms with van der Waals surface area (Å²) in [5, 5.41) is 11.9. The molecule has 0 aliphatic carbocycles. The third-order valence-corrected chi connectivity index (χ3v) is 6.14. The molecule has 0 bridgehead atoms. The van der Waals surface area contributed by atoms with Crippen LogP contribution in [0.1, 0.15) is 47.6 Å². The molecule has 31 heavy (non-hydrogen) atoms. The molecule has 9 heteroatoms. The fourth-order valence-corrected chi connectivity index (χ4v) is 4.19. The van der Waals surface area contributed by atoms with Gasteiger partial charge in [-0.3, -0.25) is 4.79 Å². The molecule has 1 amide bonds. The van der Waals surface area contributed by atoms with E-state index < -0.39 is 0 Å². The van der Waals surface area contributed by atoms with Gasteiger partial charge in [-0.25, -0.2) is 4.98 Å². The van der Waals surface area contributed by atoms with E-state index in [9.17, 15) is 4.79 Å². The van der Waals surface area contributed by atoms with Gasteiger partial charge in [0.2, 0.25) is 0 Å². The van der Waals surface area contributed by atoms with Crippen LogP contribution in [0, 0.1) is 6.92 Å². The molecule has 1 aliphatic heterocycles. The van der Waals surface area contributed by atoms with Gasteiger partial charge in [-0.15, -0.1) is 11.3 Å². The minimum Gasteiger partial charge on any atom is -0.490 e. The molecule has 1 saturated heterocycles. The molecule has 0 radical (unpaired) electrons. The van der Waals surface area contributed by atoms with Crippen LogP contribution < -0.4 is 10.1 Å². The standard InChI is InChI=1S/C22H23ClN4O3S/c1-13-3-4-19(27-26-13)14(2)25-21(28)15-9-16(22-24-12-20(23)31-22)11-18(10-15)30-17-5-7-29-8-6-17/h3-4,9-12,14,17H,5-8H2,1-2H3,(H,25,28). The number of benzene rings is 1. The van der Waals surface area contributed by atoms with Gasteiger partial charge in [0.15, 0.2) is 0 Å². The van der Waals surface area contributed by atoms with E-state index in [1.54, 1.807) is 18.3 Å². The highest BCUT2D eigenvalue weighted by Gasteiger charge is 2.19. The fraction of sp³-hybridized carbons (Fsp3) is 0.364. The Kier molecular flexibility index (Phi) is 6.80. The molecule has 1 fully saturated rings. The first-order valence-corrected chi connectivity index (χ1v) is 11.3. The van der Waals surface area contributed by atoms with Crippen molar-refractivity contribution in [2.75, 3.05) is 13.2 Å². The van der Waals surface area contributed by atoms with Crippen molar-refractivity contribution >= 4 is 28.8 Å². The highest BCUT2D eigenvalue weighted by Crippen LogP contribution is 2.32. The lowest BCUT2D eigenvalue weighted by Gasteiger charge is -2.24. The fourth-order valence-electron chi connectivity index (χ4n) is 3.29. The molecule has 3 heterocycles. The van der Waals surface area contributed by atoms with Crippen LogP contribution in [0.2, 0.25) is 4.34 Å². The number of amides is 1. The predicted molar refractivity (Wildman–Crippen MR) is 120 cm³/mol. The number of aryl methyl sites for hydroxylation is 1. The van der Waals surface area contributed by atoms with Crippen molar-refractivity contribution in [3.63, 3.8) is 0 Å². The molecule has 1 N–H and O–H groups in total. The summed E-state index contributed by atoms with van der Waals surface area (Å²) in [6.07, 6.45) is 3.29. The Balaban J connectivity index is 1.59. The van der Waals surface area contributed by atoms with Gasteiger partial charge in [-0.05, 0) is 44.2 Å². The number of aromatic nitrogens is 3. The minimum absolute atomic E-state index is 0.0570. The summed E-state index contributed by atoms with van der Waals surface area (Å²) in [5.41, 5.74) is 2.79. The van der Waals surface area contributed by atoms with Crippen molar-refractivity contribution in [1.82, 2.24) is 20.5 Å². The molecule has 1 aromatic carbocycles. The lowest BCUT2D eigenvalue weighted by Crippen LogP contribution is -2.28. The van der Waals surface area contributed by atoms with Crippen LogP contribution >= 0.6 is 22.9 Å². The first-order valence-electron chi connectivity index (χ1n) is 10.1. The van der Waals surface area contributed by atoms with Crippen LogP contribution in [0.5, 0.6) is 5.75 Å². The number of carbonyl (C=O) groups excluding carboxylic acids is 1. The quantitative estimate of drug-likeness (QED) is 0.580. The minimum atomic E-state index is -0.293. The lowest BCUT2D eigenvalue weighted by atomic mass is 10.1. The van der Waals surface area contributed by atoms with Crippen LogP contribution in [0.4, 0.5) is 0 Å². The Morgan fingerprint density at radius 1 is 1.26 bits per heavy atom. The Labute approximate surface area is 189 Å². The second kappa shape index (κ2) is 9.72.